The average Bonchev–Trinajstić information content (AvgIpc) is 2.68. The molecule has 8 nitrogen and oxygen atoms in total. The van der Waals surface area contributed by atoms with E-state index in [1.165, 1.54) is 30.3 Å². The third kappa shape index (κ3) is 4.26. The van der Waals surface area contributed by atoms with Crippen LogP contribution in [0.4, 0.5) is 5.69 Å². The molecule has 0 atom stereocenters. The Balaban J connectivity index is 1.86. The second kappa shape index (κ2) is 7.77. The molecule has 1 fully saturated rings. The van der Waals surface area contributed by atoms with E-state index < -0.39 is 16.0 Å². The van der Waals surface area contributed by atoms with Crippen LogP contribution in [-0.2, 0) is 14.8 Å². The fourth-order valence-electron chi connectivity index (χ4n) is 2.68. The highest BCUT2D eigenvalue weighted by molar-refractivity contribution is 7.92. The zero-order valence-electron chi connectivity index (χ0n) is 14.3. The van der Waals surface area contributed by atoms with Gasteiger partial charge in [0, 0.05) is 13.1 Å². The van der Waals surface area contributed by atoms with Crippen LogP contribution >= 0.6 is 0 Å². The van der Waals surface area contributed by atoms with E-state index in [1.54, 1.807) is 23.1 Å². The van der Waals surface area contributed by atoms with Gasteiger partial charge >= 0.3 is 5.97 Å². The van der Waals surface area contributed by atoms with Gasteiger partial charge in [-0.1, -0.05) is 12.1 Å². The number of carbonyl (C=O) groups is 2. The third-order valence-corrected chi connectivity index (χ3v) is 5.49. The van der Waals surface area contributed by atoms with Gasteiger partial charge in [0.05, 0.1) is 34.9 Å². The Morgan fingerprint density at radius 1 is 1.00 bits per heavy atom. The Kier molecular flexibility index (Phi) is 5.43. The molecule has 27 heavy (non-hydrogen) atoms. The highest BCUT2D eigenvalue weighted by Crippen LogP contribution is 2.22. The maximum absolute atomic E-state index is 12.7. The number of carbonyl (C=O) groups excluding carboxylic acids is 1. The van der Waals surface area contributed by atoms with Crippen molar-refractivity contribution in [1.82, 2.24) is 4.90 Å². The van der Waals surface area contributed by atoms with Gasteiger partial charge in [-0.15, -0.1) is 0 Å². The molecule has 2 aromatic carbocycles. The summed E-state index contributed by atoms with van der Waals surface area (Å²) in [5.41, 5.74) is 0.387. The van der Waals surface area contributed by atoms with Crippen molar-refractivity contribution in [3.05, 3.63) is 59.7 Å². The number of para-hydroxylation sites is 1. The van der Waals surface area contributed by atoms with Crippen LogP contribution in [0.2, 0.25) is 0 Å². The monoisotopic (exact) mass is 390 g/mol. The molecule has 3 rings (SSSR count). The lowest BCUT2D eigenvalue weighted by molar-refractivity contribution is 0.0303. The predicted molar refractivity (Wildman–Crippen MR) is 97.4 cm³/mol. The lowest BCUT2D eigenvalue weighted by Crippen LogP contribution is -2.41. The summed E-state index contributed by atoms with van der Waals surface area (Å²) in [7, 11) is -3.98. The van der Waals surface area contributed by atoms with Crippen molar-refractivity contribution >= 4 is 27.6 Å². The average molecular weight is 390 g/mol. The molecule has 9 heteroatoms. The summed E-state index contributed by atoms with van der Waals surface area (Å²) in [6.07, 6.45) is 0. The fourth-order valence-corrected chi connectivity index (χ4v) is 3.76. The Morgan fingerprint density at radius 2 is 1.63 bits per heavy atom. The van der Waals surface area contributed by atoms with E-state index in [-0.39, 0.29) is 27.6 Å². The van der Waals surface area contributed by atoms with Crippen LogP contribution in [-0.4, -0.2) is 56.6 Å². The van der Waals surface area contributed by atoms with E-state index in [2.05, 4.69) is 4.72 Å². The molecule has 0 spiro atoms. The number of ether oxygens (including phenoxy) is 1. The number of benzene rings is 2. The van der Waals surface area contributed by atoms with Gasteiger partial charge in [0.1, 0.15) is 0 Å². The number of nitrogens with zero attached hydrogens (tertiary/aromatic N) is 1. The van der Waals surface area contributed by atoms with Gasteiger partial charge in [-0.3, -0.25) is 9.52 Å². The van der Waals surface area contributed by atoms with Crippen LogP contribution < -0.4 is 4.72 Å². The summed E-state index contributed by atoms with van der Waals surface area (Å²) in [4.78, 5) is 25.2. The Hall–Kier alpha value is -2.91. The van der Waals surface area contributed by atoms with Crippen molar-refractivity contribution in [2.24, 2.45) is 0 Å². The molecule has 1 aliphatic rings. The molecule has 142 valence electrons. The summed E-state index contributed by atoms with van der Waals surface area (Å²) < 4.78 is 32.9. The molecule has 0 aliphatic carbocycles. The number of rotatable bonds is 5. The Bertz CT molecular complexity index is 950. The van der Waals surface area contributed by atoms with Gasteiger partial charge in [-0.05, 0) is 36.4 Å². The first-order chi connectivity index (χ1) is 12.9. The van der Waals surface area contributed by atoms with E-state index in [0.29, 0.717) is 26.3 Å². The SMILES string of the molecule is O=C(O)c1ccc(S(=O)(=O)Nc2ccccc2C(=O)N2CCOCC2)cc1. The first-order valence-corrected chi connectivity index (χ1v) is 9.69. The second-order valence-corrected chi connectivity index (χ2v) is 7.57. The Morgan fingerprint density at radius 3 is 2.26 bits per heavy atom. The molecule has 0 aromatic heterocycles. The zero-order chi connectivity index (χ0) is 19.4. The summed E-state index contributed by atoms with van der Waals surface area (Å²) in [6, 6.07) is 11.2. The number of morpholine rings is 1. The van der Waals surface area contributed by atoms with Gasteiger partial charge in [-0.2, -0.15) is 0 Å². The van der Waals surface area contributed by atoms with Gasteiger partial charge in [0.2, 0.25) is 0 Å². The number of carboxylic acid groups (broad SMARTS) is 1. The van der Waals surface area contributed by atoms with Crippen molar-refractivity contribution in [1.29, 1.82) is 0 Å². The minimum absolute atomic E-state index is 0.0168. The smallest absolute Gasteiger partial charge is 0.335 e. The Labute approximate surface area is 156 Å². The van der Waals surface area contributed by atoms with Crippen molar-refractivity contribution in [3.8, 4) is 0 Å². The molecular weight excluding hydrogens is 372 g/mol. The van der Waals surface area contributed by atoms with E-state index >= 15 is 0 Å². The highest BCUT2D eigenvalue weighted by Gasteiger charge is 2.23. The van der Waals surface area contributed by atoms with Gasteiger partial charge < -0.3 is 14.7 Å². The standard InChI is InChI=1S/C18H18N2O6S/c21-17(20-9-11-26-12-10-20)15-3-1-2-4-16(15)19-27(24,25)14-7-5-13(6-8-14)18(22)23/h1-8,19H,9-12H2,(H,22,23). The van der Waals surface area contributed by atoms with Crippen LogP contribution in [0.25, 0.3) is 0 Å². The van der Waals surface area contributed by atoms with Crippen molar-refractivity contribution in [2.75, 3.05) is 31.0 Å². The number of carboxylic acids is 1. The molecule has 1 heterocycles. The van der Waals surface area contributed by atoms with Gasteiger partial charge in [-0.25, -0.2) is 13.2 Å². The number of hydrogen-bond donors (Lipinski definition) is 2. The summed E-state index contributed by atoms with van der Waals surface area (Å²) in [6.45, 7) is 1.76. The fraction of sp³-hybridized carbons (Fsp3) is 0.222. The first kappa shape index (κ1) is 18.9. The van der Waals surface area contributed by atoms with E-state index in [1.807, 2.05) is 0 Å². The van der Waals surface area contributed by atoms with E-state index in [9.17, 15) is 18.0 Å². The second-order valence-electron chi connectivity index (χ2n) is 5.89. The van der Waals surface area contributed by atoms with Crippen LogP contribution in [0.5, 0.6) is 0 Å². The maximum atomic E-state index is 12.7. The van der Waals surface area contributed by atoms with Gasteiger partial charge in [0.15, 0.2) is 0 Å². The minimum Gasteiger partial charge on any atom is -0.478 e. The minimum atomic E-state index is -3.98. The summed E-state index contributed by atoms with van der Waals surface area (Å²) in [5, 5.41) is 8.92. The third-order valence-electron chi connectivity index (χ3n) is 4.11. The summed E-state index contributed by atoms with van der Waals surface area (Å²) in [5.74, 6) is -1.42. The lowest BCUT2D eigenvalue weighted by atomic mass is 10.1. The van der Waals surface area contributed by atoms with Crippen LogP contribution in [0.3, 0.4) is 0 Å². The van der Waals surface area contributed by atoms with Gasteiger partial charge in [0.25, 0.3) is 15.9 Å². The predicted octanol–water partition coefficient (Wildman–Crippen LogP) is 1.66. The molecule has 2 aromatic rings. The number of sulfonamides is 1. The van der Waals surface area contributed by atoms with Crippen LogP contribution in [0.15, 0.2) is 53.4 Å². The molecule has 2 N–H and O–H groups in total. The number of aromatic carboxylic acids is 1. The highest BCUT2D eigenvalue weighted by atomic mass is 32.2. The molecule has 1 amide bonds. The van der Waals surface area contributed by atoms with Crippen molar-refractivity contribution in [3.63, 3.8) is 0 Å². The first-order valence-electron chi connectivity index (χ1n) is 8.21. The van der Waals surface area contributed by atoms with Crippen LogP contribution in [0, 0.1) is 0 Å². The van der Waals surface area contributed by atoms with Crippen molar-refractivity contribution in [2.45, 2.75) is 4.90 Å². The number of anilines is 1. The number of hydrogen-bond acceptors (Lipinski definition) is 5. The number of nitrogens with one attached hydrogen (secondary N) is 1. The quantitative estimate of drug-likeness (QED) is 0.803. The molecular formula is C18H18N2O6S. The summed E-state index contributed by atoms with van der Waals surface area (Å²) >= 11 is 0. The topological polar surface area (TPSA) is 113 Å². The normalized spacial score (nSPS) is 14.6. The maximum Gasteiger partial charge on any atom is 0.335 e. The molecule has 0 bridgehead atoms. The lowest BCUT2D eigenvalue weighted by Gasteiger charge is -2.27. The molecule has 0 radical (unpaired) electrons. The van der Waals surface area contributed by atoms with E-state index in [0.717, 1.165) is 0 Å². The number of amides is 1. The van der Waals surface area contributed by atoms with Crippen LogP contribution in [0.1, 0.15) is 20.7 Å². The molecule has 0 saturated carbocycles. The largest absolute Gasteiger partial charge is 0.478 e. The van der Waals surface area contributed by atoms with Crippen molar-refractivity contribution < 1.29 is 27.9 Å². The zero-order valence-corrected chi connectivity index (χ0v) is 15.1. The molecule has 0 unspecified atom stereocenters. The van der Waals surface area contributed by atoms with E-state index in [4.69, 9.17) is 9.84 Å². The molecule has 1 saturated heterocycles. The molecule has 1 aliphatic heterocycles.